The second-order valence-electron chi connectivity index (χ2n) is 3.53. The Morgan fingerprint density at radius 3 is 2.64 bits per heavy atom. The molecule has 0 aromatic carbocycles. The normalized spacial score (nSPS) is 31.6. The Bertz CT molecular complexity index is 112. The van der Waals surface area contributed by atoms with Crippen LogP contribution in [-0.2, 0) is 9.47 Å². The molecule has 11 heavy (non-hydrogen) atoms. The highest BCUT2D eigenvalue weighted by Gasteiger charge is 2.21. The van der Waals surface area contributed by atoms with Gasteiger partial charge in [0.1, 0.15) is 0 Å². The summed E-state index contributed by atoms with van der Waals surface area (Å²) in [6, 6.07) is 0. The maximum Gasteiger partial charge on any atom is 0.0813 e. The van der Waals surface area contributed by atoms with Crippen LogP contribution in [0.1, 0.15) is 33.6 Å². The first-order valence-corrected chi connectivity index (χ1v) is 4.45. The van der Waals surface area contributed by atoms with Gasteiger partial charge in [-0.3, -0.25) is 0 Å². The van der Waals surface area contributed by atoms with Gasteiger partial charge >= 0.3 is 0 Å². The van der Waals surface area contributed by atoms with Crippen molar-refractivity contribution in [3.63, 3.8) is 0 Å². The molecule has 1 rings (SSSR count). The van der Waals surface area contributed by atoms with E-state index in [0.29, 0.717) is 18.3 Å². The summed E-state index contributed by atoms with van der Waals surface area (Å²) in [5, 5.41) is 0. The first-order valence-electron chi connectivity index (χ1n) is 4.45. The summed E-state index contributed by atoms with van der Waals surface area (Å²) in [5.41, 5.74) is 0. The van der Waals surface area contributed by atoms with E-state index in [1.54, 1.807) is 0 Å². The van der Waals surface area contributed by atoms with Crippen LogP contribution in [0.5, 0.6) is 0 Å². The Morgan fingerprint density at radius 1 is 1.45 bits per heavy atom. The van der Waals surface area contributed by atoms with Crippen LogP contribution in [0.25, 0.3) is 0 Å². The third-order valence-corrected chi connectivity index (χ3v) is 1.94. The van der Waals surface area contributed by atoms with Gasteiger partial charge < -0.3 is 9.47 Å². The Hall–Kier alpha value is -0.0800. The third-order valence-electron chi connectivity index (χ3n) is 1.94. The molecular formula is C9H18O2. The van der Waals surface area contributed by atoms with E-state index in [-0.39, 0.29) is 0 Å². The molecule has 0 spiro atoms. The molecule has 66 valence electrons. The van der Waals surface area contributed by atoms with E-state index in [1.807, 2.05) is 0 Å². The van der Waals surface area contributed by atoms with Crippen molar-refractivity contribution in [2.75, 3.05) is 6.61 Å². The van der Waals surface area contributed by atoms with E-state index in [9.17, 15) is 0 Å². The summed E-state index contributed by atoms with van der Waals surface area (Å²) >= 11 is 0. The van der Waals surface area contributed by atoms with E-state index >= 15 is 0 Å². The molecule has 0 aromatic heterocycles. The molecule has 0 bridgehead atoms. The maximum absolute atomic E-state index is 5.59. The quantitative estimate of drug-likeness (QED) is 0.625. The fourth-order valence-corrected chi connectivity index (χ4v) is 1.31. The lowest BCUT2D eigenvalue weighted by atomic mass is 10.2. The average Bonchev–Trinajstić information content (AvgIpc) is 2.31. The highest BCUT2D eigenvalue weighted by atomic mass is 16.5. The molecular weight excluding hydrogens is 140 g/mol. The van der Waals surface area contributed by atoms with Crippen molar-refractivity contribution in [1.29, 1.82) is 0 Å². The van der Waals surface area contributed by atoms with Crippen molar-refractivity contribution in [3.05, 3.63) is 0 Å². The third kappa shape index (κ3) is 3.21. The summed E-state index contributed by atoms with van der Waals surface area (Å²) in [7, 11) is 0. The van der Waals surface area contributed by atoms with Crippen LogP contribution in [0, 0.1) is 0 Å². The van der Waals surface area contributed by atoms with Gasteiger partial charge in [0.25, 0.3) is 0 Å². The zero-order valence-electron chi connectivity index (χ0n) is 7.67. The van der Waals surface area contributed by atoms with E-state index in [2.05, 4.69) is 20.8 Å². The maximum atomic E-state index is 5.59. The Morgan fingerprint density at radius 2 is 2.18 bits per heavy atom. The topological polar surface area (TPSA) is 18.5 Å². The molecule has 0 N–H and O–H groups in total. The lowest BCUT2D eigenvalue weighted by Crippen LogP contribution is -2.18. The van der Waals surface area contributed by atoms with Crippen molar-refractivity contribution in [3.8, 4) is 0 Å². The van der Waals surface area contributed by atoms with Crippen LogP contribution in [0.2, 0.25) is 0 Å². The second kappa shape index (κ2) is 4.07. The predicted octanol–water partition coefficient (Wildman–Crippen LogP) is 1.98. The Labute approximate surface area is 68.9 Å². The Balaban J connectivity index is 2.08. The lowest BCUT2D eigenvalue weighted by Gasteiger charge is -2.13. The van der Waals surface area contributed by atoms with E-state index in [1.165, 1.54) is 6.42 Å². The molecule has 2 nitrogen and oxygen atoms in total. The Kier molecular flexibility index (Phi) is 3.34. The SMILES string of the molecule is CC(C)OC[C@@H]1CC[C@@H](C)O1. The van der Waals surface area contributed by atoms with Crippen LogP contribution >= 0.6 is 0 Å². The van der Waals surface area contributed by atoms with E-state index in [0.717, 1.165) is 13.0 Å². The summed E-state index contributed by atoms with van der Waals surface area (Å²) in [6.45, 7) is 6.99. The molecule has 0 unspecified atom stereocenters. The van der Waals surface area contributed by atoms with Crippen LogP contribution < -0.4 is 0 Å². The van der Waals surface area contributed by atoms with Crippen LogP contribution in [0.3, 0.4) is 0 Å². The fraction of sp³-hybridized carbons (Fsp3) is 1.00. The summed E-state index contributed by atoms with van der Waals surface area (Å²) in [6.07, 6.45) is 3.47. The zero-order chi connectivity index (χ0) is 8.27. The van der Waals surface area contributed by atoms with Gasteiger partial charge in [-0.1, -0.05) is 0 Å². The summed E-state index contributed by atoms with van der Waals surface area (Å²) in [4.78, 5) is 0. The first kappa shape index (κ1) is 9.01. The molecule has 0 radical (unpaired) electrons. The van der Waals surface area contributed by atoms with Crippen LogP contribution in [0.15, 0.2) is 0 Å². The molecule has 1 aliphatic rings. The molecule has 0 saturated carbocycles. The molecule has 2 atom stereocenters. The van der Waals surface area contributed by atoms with Gasteiger partial charge in [-0.05, 0) is 33.6 Å². The molecule has 0 aromatic rings. The minimum absolute atomic E-state index is 0.328. The fourth-order valence-electron chi connectivity index (χ4n) is 1.31. The lowest BCUT2D eigenvalue weighted by molar-refractivity contribution is -0.0278. The number of rotatable bonds is 3. The van der Waals surface area contributed by atoms with E-state index < -0.39 is 0 Å². The highest BCUT2D eigenvalue weighted by molar-refractivity contribution is 4.69. The average molecular weight is 158 g/mol. The summed E-state index contributed by atoms with van der Waals surface area (Å²) in [5.74, 6) is 0. The molecule has 0 amide bonds. The van der Waals surface area contributed by atoms with Crippen molar-refractivity contribution in [2.45, 2.75) is 51.9 Å². The zero-order valence-corrected chi connectivity index (χ0v) is 7.67. The van der Waals surface area contributed by atoms with Crippen molar-refractivity contribution in [1.82, 2.24) is 0 Å². The minimum atomic E-state index is 0.328. The van der Waals surface area contributed by atoms with Crippen molar-refractivity contribution in [2.24, 2.45) is 0 Å². The second-order valence-corrected chi connectivity index (χ2v) is 3.53. The summed E-state index contributed by atoms with van der Waals surface area (Å²) < 4.78 is 11.0. The smallest absolute Gasteiger partial charge is 0.0813 e. The van der Waals surface area contributed by atoms with Gasteiger partial charge in [0.2, 0.25) is 0 Å². The van der Waals surface area contributed by atoms with Crippen LogP contribution in [0.4, 0.5) is 0 Å². The number of hydrogen-bond donors (Lipinski definition) is 0. The number of ether oxygens (including phenoxy) is 2. The molecule has 1 aliphatic heterocycles. The van der Waals surface area contributed by atoms with Crippen molar-refractivity contribution >= 4 is 0 Å². The molecule has 2 heteroatoms. The molecule has 0 aliphatic carbocycles. The van der Waals surface area contributed by atoms with Gasteiger partial charge in [-0.2, -0.15) is 0 Å². The van der Waals surface area contributed by atoms with Crippen LogP contribution in [-0.4, -0.2) is 24.9 Å². The standard InChI is InChI=1S/C9H18O2/c1-7(2)10-6-9-5-4-8(3)11-9/h7-9H,4-6H2,1-3H3/t8-,9+/m1/s1. The molecule has 1 saturated heterocycles. The first-order chi connectivity index (χ1) is 5.18. The van der Waals surface area contributed by atoms with E-state index in [4.69, 9.17) is 9.47 Å². The van der Waals surface area contributed by atoms with Gasteiger partial charge in [-0.25, -0.2) is 0 Å². The largest absolute Gasteiger partial charge is 0.376 e. The van der Waals surface area contributed by atoms with Gasteiger partial charge in [-0.15, -0.1) is 0 Å². The monoisotopic (exact) mass is 158 g/mol. The minimum Gasteiger partial charge on any atom is -0.376 e. The highest BCUT2D eigenvalue weighted by Crippen LogP contribution is 2.19. The number of hydrogen-bond acceptors (Lipinski definition) is 2. The predicted molar refractivity (Wildman–Crippen MR) is 44.7 cm³/mol. The van der Waals surface area contributed by atoms with Gasteiger partial charge in [0, 0.05) is 0 Å². The van der Waals surface area contributed by atoms with Gasteiger partial charge in [0.15, 0.2) is 0 Å². The molecule has 1 fully saturated rings. The van der Waals surface area contributed by atoms with Crippen molar-refractivity contribution < 1.29 is 9.47 Å². The molecule has 1 heterocycles. The van der Waals surface area contributed by atoms with Gasteiger partial charge in [0.05, 0.1) is 24.9 Å².